The largest absolute Gasteiger partial charge is 0.457 e. The molecule has 0 atom stereocenters. The van der Waals surface area contributed by atoms with Crippen molar-refractivity contribution in [1.29, 1.82) is 0 Å². The molecule has 2 aromatic carbocycles. The first kappa shape index (κ1) is 30.4. The van der Waals surface area contributed by atoms with Crippen molar-refractivity contribution in [3.8, 4) is 11.5 Å². The number of piperazine rings is 1. The number of hydrogen-bond donors (Lipinski definition) is 3. The summed E-state index contributed by atoms with van der Waals surface area (Å²) >= 11 is 0. The van der Waals surface area contributed by atoms with Gasteiger partial charge in [0, 0.05) is 71.8 Å². The van der Waals surface area contributed by atoms with Gasteiger partial charge in [-0.05, 0) is 59.5 Å². The summed E-state index contributed by atoms with van der Waals surface area (Å²) in [5, 5.41) is 6.52. The smallest absolute Gasteiger partial charge is 0.416 e. The number of carbonyl (C=O) groups excluding carboxylic acids is 2. The van der Waals surface area contributed by atoms with Crippen molar-refractivity contribution >= 4 is 28.7 Å². The van der Waals surface area contributed by atoms with Gasteiger partial charge in [-0.25, -0.2) is 9.78 Å². The average molecular weight is 622 g/mol. The second kappa shape index (κ2) is 12.4. The Morgan fingerprint density at radius 2 is 1.82 bits per heavy atom. The highest BCUT2D eigenvalue weighted by Crippen LogP contribution is 2.35. The molecule has 0 saturated carbocycles. The Kier molecular flexibility index (Phi) is 8.38. The molecular formula is C32H34F3N7O3. The molecule has 45 heavy (non-hydrogen) atoms. The molecule has 0 radical (unpaired) electrons. The number of hydrogen-bond acceptors (Lipinski definition) is 6. The first-order valence-electron chi connectivity index (χ1n) is 14.7. The van der Waals surface area contributed by atoms with Crippen LogP contribution in [0, 0.1) is 0 Å². The Morgan fingerprint density at radius 3 is 2.58 bits per heavy atom. The van der Waals surface area contributed by atoms with Crippen LogP contribution in [0.3, 0.4) is 0 Å². The highest BCUT2D eigenvalue weighted by molar-refractivity contribution is 5.98. The molecule has 10 nitrogen and oxygen atoms in total. The van der Waals surface area contributed by atoms with Crippen LogP contribution in [0.4, 0.5) is 23.7 Å². The van der Waals surface area contributed by atoms with Crippen LogP contribution in [-0.2, 0) is 25.7 Å². The first-order chi connectivity index (χ1) is 21.5. The number of carbonyl (C=O) groups is 2. The molecule has 236 valence electrons. The third-order valence-corrected chi connectivity index (χ3v) is 8.10. The number of ether oxygens (including phenoxy) is 1. The summed E-state index contributed by atoms with van der Waals surface area (Å²) in [4.78, 5) is 38.0. The third kappa shape index (κ3) is 6.74. The lowest BCUT2D eigenvalue weighted by molar-refractivity contribution is -0.138. The highest BCUT2D eigenvalue weighted by atomic mass is 19.4. The number of nitrogens with zero attached hydrogens (tertiary/aromatic N) is 4. The lowest BCUT2D eigenvalue weighted by atomic mass is 9.99. The Labute approximate surface area is 258 Å². The Bertz CT molecular complexity index is 1730. The molecule has 2 aliphatic rings. The van der Waals surface area contributed by atoms with Gasteiger partial charge in [0.1, 0.15) is 22.8 Å². The van der Waals surface area contributed by atoms with E-state index in [1.807, 2.05) is 23.1 Å². The second-order valence-corrected chi connectivity index (χ2v) is 11.5. The number of H-pyrrole nitrogens is 1. The number of urea groups is 1. The third-order valence-electron chi connectivity index (χ3n) is 8.10. The number of aromatic nitrogens is 2. The summed E-state index contributed by atoms with van der Waals surface area (Å²) in [7, 11) is 3.33. The van der Waals surface area contributed by atoms with Crippen molar-refractivity contribution in [3.05, 3.63) is 82.7 Å². The van der Waals surface area contributed by atoms with Gasteiger partial charge in [0.2, 0.25) is 0 Å². The molecule has 0 bridgehead atoms. The van der Waals surface area contributed by atoms with Crippen molar-refractivity contribution in [2.75, 3.05) is 52.1 Å². The standard InChI is InChI=1S/C32H34F3N7O3/c1-40(2)30(43)27-17-25-28(7-9-37-29(25)39-27)45-24-6-4-20-8-12-42(19-22(20)15-24)31(44)38-23-5-3-21(26(16-23)32(33,34)35)18-41-13-10-36-11-14-41/h3-7,9,15-17,36H,8,10-14,18-19H2,1-2H3,(H,37,39)(H,38,44). The Balaban J connectivity index is 1.16. The number of alkyl halides is 3. The molecule has 4 aromatic rings. The van der Waals surface area contributed by atoms with E-state index in [1.165, 1.54) is 17.0 Å². The Morgan fingerprint density at radius 1 is 1.02 bits per heavy atom. The SMILES string of the molecule is CN(C)C(=O)c1cc2c(Oc3ccc4c(c3)CN(C(=O)Nc3ccc(CN5CCNCC5)c(C(F)(F)F)c3)CC4)ccnc2[nH]1. The maximum Gasteiger partial charge on any atom is 0.416 e. The van der Waals surface area contributed by atoms with Crippen LogP contribution < -0.4 is 15.4 Å². The lowest BCUT2D eigenvalue weighted by Gasteiger charge is -2.30. The number of nitrogens with one attached hydrogen (secondary N) is 3. The van der Waals surface area contributed by atoms with Crippen LogP contribution in [-0.4, -0.2) is 83.4 Å². The van der Waals surface area contributed by atoms with Crippen molar-refractivity contribution in [1.82, 2.24) is 30.0 Å². The van der Waals surface area contributed by atoms with E-state index in [1.54, 1.807) is 37.3 Å². The normalized spacial score (nSPS) is 15.5. The molecule has 1 fully saturated rings. The summed E-state index contributed by atoms with van der Waals surface area (Å²) < 4.78 is 48.2. The molecule has 3 amide bonds. The van der Waals surface area contributed by atoms with Crippen molar-refractivity contribution in [2.24, 2.45) is 0 Å². The number of benzene rings is 2. The molecule has 0 spiro atoms. The summed E-state index contributed by atoms with van der Waals surface area (Å²) in [6.07, 6.45) is -2.37. The van der Waals surface area contributed by atoms with Crippen molar-refractivity contribution in [2.45, 2.75) is 25.7 Å². The maximum absolute atomic E-state index is 14.0. The molecule has 3 N–H and O–H groups in total. The fourth-order valence-corrected chi connectivity index (χ4v) is 5.71. The minimum Gasteiger partial charge on any atom is -0.457 e. The van der Waals surface area contributed by atoms with Crippen molar-refractivity contribution in [3.63, 3.8) is 0 Å². The molecule has 6 rings (SSSR count). The van der Waals surface area contributed by atoms with E-state index in [4.69, 9.17) is 4.74 Å². The zero-order chi connectivity index (χ0) is 31.7. The molecule has 4 heterocycles. The van der Waals surface area contributed by atoms with Crippen LogP contribution in [0.1, 0.15) is 32.7 Å². The zero-order valence-corrected chi connectivity index (χ0v) is 25.0. The van der Waals surface area contributed by atoms with E-state index >= 15 is 0 Å². The number of pyridine rings is 1. The second-order valence-electron chi connectivity index (χ2n) is 11.5. The number of amides is 3. The number of halogens is 3. The molecule has 2 aliphatic heterocycles. The van der Waals surface area contributed by atoms with Gasteiger partial charge in [-0.2, -0.15) is 13.2 Å². The molecule has 0 unspecified atom stereocenters. The van der Waals surface area contributed by atoms with E-state index in [2.05, 4.69) is 20.6 Å². The van der Waals surface area contributed by atoms with E-state index in [0.717, 1.165) is 30.3 Å². The van der Waals surface area contributed by atoms with E-state index in [-0.39, 0.29) is 30.2 Å². The minimum absolute atomic E-state index is 0.0968. The molecule has 0 aliphatic carbocycles. The monoisotopic (exact) mass is 621 g/mol. The Hall–Kier alpha value is -4.62. The van der Waals surface area contributed by atoms with Crippen LogP contribution >= 0.6 is 0 Å². The predicted molar refractivity (Wildman–Crippen MR) is 163 cm³/mol. The fraction of sp³-hybridized carbons (Fsp3) is 0.344. The highest BCUT2D eigenvalue weighted by Gasteiger charge is 2.34. The zero-order valence-electron chi connectivity index (χ0n) is 25.0. The predicted octanol–water partition coefficient (Wildman–Crippen LogP) is 5.07. The summed E-state index contributed by atoms with van der Waals surface area (Å²) in [5.41, 5.74) is 2.39. The summed E-state index contributed by atoms with van der Waals surface area (Å²) in [6.45, 7) is 3.72. The lowest BCUT2D eigenvalue weighted by Crippen LogP contribution is -2.43. The van der Waals surface area contributed by atoms with E-state index < -0.39 is 17.8 Å². The van der Waals surface area contributed by atoms with Gasteiger partial charge in [-0.3, -0.25) is 9.69 Å². The summed E-state index contributed by atoms with van der Waals surface area (Å²) in [6, 6.07) is 12.6. The number of aromatic amines is 1. The van der Waals surface area contributed by atoms with Crippen LogP contribution in [0.15, 0.2) is 54.7 Å². The molecule has 2 aromatic heterocycles. The molecular weight excluding hydrogens is 587 g/mol. The average Bonchev–Trinajstić information content (AvgIpc) is 3.46. The number of anilines is 1. The fourth-order valence-electron chi connectivity index (χ4n) is 5.71. The van der Waals surface area contributed by atoms with Gasteiger partial charge in [0.25, 0.3) is 5.91 Å². The molecule has 13 heteroatoms. The van der Waals surface area contributed by atoms with Crippen molar-refractivity contribution < 1.29 is 27.5 Å². The van der Waals surface area contributed by atoms with E-state index in [0.29, 0.717) is 54.3 Å². The number of rotatable bonds is 6. The van der Waals surface area contributed by atoms with E-state index in [9.17, 15) is 22.8 Å². The quantitative estimate of drug-likeness (QED) is 0.278. The molecule has 1 saturated heterocycles. The van der Waals surface area contributed by atoms with Gasteiger partial charge in [-0.15, -0.1) is 0 Å². The number of fused-ring (bicyclic) bond motifs is 2. The van der Waals surface area contributed by atoms with Gasteiger partial charge < -0.3 is 30.2 Å². The van der Waals surface area contributed by atoms with Crippen LogP contribution in [0.25, 0.3) is 11.0 Å². The first-order valence-corrected chi connectivity index (χ1v) is 14.7. The minimum atomic E-state index is -4.55. The maximum atomic E-state index is 14.0. The van der Waals surface area contributed by atoms with Gasteiger partial charge in [0.15, 0.2) is 0 Å². The topological polar surface area (TPSA) is 106 Å². The van der Waals surface area contributed by atoms with Gasteiger partial charge in [-0.1, -0.05) is 12.1 Å². The van der Waals surface area contributed by atoms with Gasteiger partial charge >= 0.3 is 12.2 Å². The van der Waals surface area contributed by atoms with Crippen LogP contribution in [0.5, 0.6) is 11.5 Å². The van der Waals surface area contributed by atoms with Gasteiger partial charge in [0.05, 0.1) is 10.9 Å². The van der Waals surface area contributed by atoms with Crippen LogP contribution in [0.2, 0.25) is 0 Å². The summed E-state index contributed by atoms with van der Waals surface area (Å²) in [5.74, 6) is 0.868.